The minimum atomic E-state index is -0.391. The SMILES string of the molecule is S=c1oc(C2COc3ccccc3O2)nn1CN1CCOCC1. The second-order valence-electron chi connectivity index (χ2n) is 5.44. The van der Waals surface area contributed by atoms with Gasteiger partial charge < -0.3 is 18.6 Å². The molecule has 122 valence electrons. The molecule has 1 aromatic heterocycles. The van der Waals surface area contributed by atoms with E-state index in [1.165, 1.54) is 0 Å². The molecule has 0 spiro atoms. The molecule has 3 heterocycles. The number of fused-ring (bicyclic) bond motifs is 1. The van der Waals surface area contributed by atoms with Gasteiger partial charge in [0, 0.05) is 13.1 Å². The van der Waals surface area contributed by atoms with E-state index in [-0.39, 0.29) is 0 Å². The molecule has 0 radical (unpaired) electrons. The van der Waals surface area contributed by atoms with Gasteiger partial charge in [-0.2, -0.15) is 0 Å². The van der Waals surface area contributed by atoms with Crippen LogP contribution in [0.2, 0.25) is 0 Å². The third-order valence-corrected chi connectivity index (χ3v) is 4.14. The molecule has 2 aliphatic rings. The predicted molar refractivity (Wildman–Crippen MR) is 83.0 cm³/mol. The zero-order valence-corrected chi connectivity index (χ0v) is 13.3. The van der Waals surface area contributed by atoms with E-state index in [1.54, 1.807) is 4.68 Å². The summed E-state index contributed by atoms with van der Waals surface area (Å²) in [6.45, 7) is 4.13. The molecular formula is C15H17N3O4S. The minimum absolute atomic E-state index is 0.342. The third-order valence-electron chi connectivity index (χ3n) is 3.84. The summed E-state index contributed by atoms with van der Waals surface area (Å²) in [6, 6.07) is 7.54. The second-order valence-corrected chi connectivity index (χ2v) is 5.79. The number of para-hydroxylation sites is 2. The zero-order valence-electron chi connectivity index (χ0n) is 12.5. The van der Waals surface area contributed by atoms with Crippen LogP contribution in [-0.4, -0.2) is 47.6 Å². The Morgan fingerprint density at radius 3 is 2.78 bits per heavy atom. The maximum atomic E-state index is 5.90. The van der Waals surface area contributed by atoms with E-state index in [2.05, 4.69) is 10.00 Å². The summed E-state index contributed by atoms with van der Waals surface area (Å²) < 4.78 is 24.2. The highest BCUT2D eigenvalue weighted by atomic mass is 32.1. The fraction of sp³-hybridized carbons (Fsp3) is 0.467. The van der Waals surface area contributed by atoms with Crippen LogP contribution in [0, 0.1) is 4.84 Å². The lowest BCUT2D eigenvalue weighted by Gasteiger charge is -2.26. The summed E-state index contributed by atoms with van der Waals surface area (Å²) in [5.41, 5.74) is 0. The molecular weight excluding hydrogens is 318 g/mol. The van der Waals surface area contributed by atoms with Gasteiger partial charge in [0.1, 0.15) is 6.61 Å². The van der Waals surface area contributed by atoms with Crippen molar-refractivity contribution in [2.24, 2.45) is 0 Å². The molecule has 23 heavy (non-hydrogen) atoms. The Labute approximate surface area is 138 Å². The maximum absolute atomic E-state index is 5.90. The molecule has 7 nitrogen and oxygen atoms in total. The third kappa shape index (κ3) is 3.10. The van der Waals surface area contributed by atoms with Crippen LogP contribution in [0.3, 0.4) is 0 Å². The van der Waals surface area contributed by atoms with E-state index in [4.69, 9.17) is 30.8 Å². The Balaban J connectivity index is 1.50. The van der Waals surface area contributed by atoms with Gasteiger partial charge in [-0.3, -0.25) is 4.90 Å². The first-order valence-corrected chi connectivity index (χ1v) is 7.97. The Morgan fingerprint density at radius 1 is 1.17 bits per heavy atom. The van der Waals surface area contributed by atoms with Crippen LogP contribution in [0.5, 0.6) is 11.5 Å². The number of hydrogen-bond donors (Lipinski definition) is 0. The van der Waals surface area contributed by atoms with E-state index in [1.807, 2.05) is 24.3 Å². The van der Waals surface area contributed by atoms with Gasteiger partial charge in [0.25, 0.3) is 10.7 Å². The van der Waals surface area contributed by atoms with E-state index < -0.39 is 6.10 Å². The monoisotopic (exact) mass is 335 g/mol. The molecule has 0 amide bonds. The quantitative estimate of drug-likeness (QED) is 0.795. The molecule has 0 N–H and O–H groups in total. The fourth-order valence-electron chi connectivity index (χ4n) is 2.62. The summed E-state index contributed by atoms with van der Waals surface area (Å²) in [5, 5.41) is 4.46. The molecule has 1 saturated heterocycles. The van der Waals surface area contributed by atoms with Crippen LogP contribution < -0.4 is 9.47 Å². The van der Waals surface area contributed by atoms with Crippen molar-refractivity contribution in [2.45, 2.75) is 12.8 Å². The number of nitrogens with zero attached hydrogens (tertiary/aromatic N) is 3. The summed E-state index contributed by atoms with van der Waals surface area (Å²) in [5.74, 6) is 1.86. The first-order chi connectivity index (χ1) is 11.3. The number of aromatic nitrogens is 2. The highest BCUT2D eigenvalue weighted by Gasteiger charge is 2.27. The molecule has 1 atom stereocenters. The predicted octanol–water partition coefficient (Wildman–Crippen LogP) is 2.01. The first-order valence-electron chi connectivity index (χ1n) is 7.56. The Kier molecular flexibility index (Phi) is 4.02. The van der Waals surface area contributed by atoms with Crippen molar-refractivity contribution >= 4 is 12.2 Å². The summed E-state index contributed by atoms with van der Waals surface area (Å²) in [4.78, 5) is 2.56. The molecule has 0 bridgehead atoms. The molecule has 2 aliphatic heterocycles. The Hall–Kier alpha value is -1.90. The van der Waals surface area contributed by atoms with Gasteiger partial charge in [-0.25, -0.2) is 4.68 Å². The van der Waals surface area contributed by atoms with E-state index in [0.717, 1.165) is 32.1 Å². The normalized spacial score (nSPS) is 21.3. The van der Waals surface area contributed by atoms with Gasteiger partial charge >= 0.3 is 0 Å². The number of morpholine rings is 1. The number of hydrogen-bond acceptors (Lipinski definition) is 7. The summed E-state index contributed by atoms with van der Waals surface area (Å²) >= 11 is 5.27. The van der Waals surface area contributed by atoms with Crippen molar-refractivity contribution in [3.63, 3.8) is 0 Å². The van der Waals surface area contributed by atoms with Crippen LogP contribution in [0.25, 0.3) is 0 Å². The second kappa shape index (κ2) is 6.31. The van der Waals surface area contributed by atoms with E-state index in [9.17, 15) is 0 Å². The van der Waals surface area contributed by atoms with Crippen LogP contribution in [0.1, 0.15) is 12.0 Å². The van der Waals surface area contributed by atoms with Gasteiger partial charge in [-0.15, -0.1) is 5.10 Å². The van der Waals surface area contributed by atoms with Crippen molar-refractivity contribution in [1.82, 2.24) is 14.7 Å². The Bertz CT molecular complexity index is 738. The average Bonchev–Trinajstić information content (AvgIpc) is 2.96. The van der Waals surface area contributed by atoms with Crippen molar-refractivity contribution in [3.8, 4) is 11.5 Å². The van der Waals surface area contributed by atoms with Gasteiger partial charge in [0.15, 0.2) is 11.5 Å². The van der Waals surface area contributed by atoms with E-state index >= 15 is 0 Å². The topological polar surface area (TPSA) is 61.9 Å². The largest absolute Gasteiger partial charge is 0.485 e. The van der Waals surface area contributed by atoms with Gasteiger partial charge in [0.05, 0.1) is 19.9 Å². The smallest absolute Gasteiger partial charge is 0.288 e. The molecule has 8 heteroatoms. The van der Waals surface area contributed by atoms with Crippen molar-refractivity contribution in [1.29, 1.82) is 0 Å². The number of ether oxygens (including phenoxy) is 3. The standard InChI is InChI=1S/C15H17N3O4S/c23-15-18(10-17-5-7-19-8-6-17)16-14(22-15)13-9-20-11-3-1-2-4-12(11)21-13/h1-4,13H,5-10H2. The van der Waals surface area contributed by atoms with Gasteiger partial charge in [0.2, 0.25) is 6.10 Å². The minimum Gasteiger partial charge on any atom is -0.485 e. The molecule has 1 fully saturated rings. The first kappa shape index (κ1) is 14.7. The average molecular weight is 335 g/mol. The molecule has 4 rings (SSSR count). The van der Waals surface area contributed by atoms with Crippen molar-refractivity contribution < 1.29 is 18.6 Å². The van der Waals surface area contributed by atoms with E-state index in [0.29, 0.717) is 29.8 Å². The number of benzene rings is 1. The van der Waals surface area contributed by atoms with Crippen LogP contribution in [0.15, 0.2) is 28.7 Å². The lowest BCUT2D eigenvalue weighted by atomic mass is 10.2. The molecule has 2 aromatic rings. The van der Waals surface area contributed by atoms with Crippen molar-refractivity contribution in [2.75, 3.05) is 32.9 Å². The summed E-state index contributed by atoms with van der Waals surface area (Å²) in [7, 11) is 0. The van der Waals surface area contributed by atoms with Gasteiger partial charge in [-0.05, 0) is 24.4 Å². The lowest BCUT2D eigenvalue weighted by Crippen LogP contribution is -2.37. The molecule has 1 aromatic carbocycles. The highest BCUT2D eigenvalue weighted by molar-refractivity contribution is 7.71. The van der Waals surface area contributed by atoms with Gasteiger partial charge in [-0.1, -0.05) is 12.1 Å². The maximum Gasteiger partial charge on any atom is 0.288 e. The number of rotatable bonds is 3. The van der Waals surface area contributed by atoms with Crippen molar-refractivity contribution in [3.05, 3.63) is 35.0 Å². The molecule has 1 unspecified atom stereocenters. The lowest BCUT2D eigenvalue weighted by molar-refractivity contribution is 0.0205. The Morgan fingerprint density at radius 2 is 1.96 bits per heavy atom. The van der Waals surface area contributed by atoms with Crippen LogP contribution in [-0.2, 0) is 11.4 Å². The molecule has 0 aliphatic carbocycles. The molecule has 0 saturated carbocycles. The fourth-order valence-corrected chi connectivity index (χ4v) is 2.80. The zero-order chi connectivity index (χ0) is 15.6. The highest BCUT2D eigenvalue weighted by Crippen LogP contribution is 2.35. The van der Waals surface area contributed by atoms with Crippen LogP contribution in [0.4, 0.5) is 0 Å². The summed E-state index contributed by atoms with van der Waals surface area (Å²) in [6.07, 6.45) is -0.391. The van der Waals surface area contributed by atoms with Crippen LogP contribution >= 0.6 is 12.2 Å².